The van der Waals surface area contributed by atoms with Crippen molar-refractivity contribution < 1.29 is 80.7 Å². The molecule has 1 aromatic carbocycles. The molecule has 1 aliphatic rings. The molecule has 1 fully saturated rings. The van der Waals surface area contributed by atoms with Gasteiger partial charge in [0.1, 0.15) is 5.75 Å². The summed E-state index contributed by atoms with van der Waals surface area (Å²) < 4.78 is 38.5. The summed E-state index contributed by atoms with van der Waals surface area (Å²) in [5, 5.41) is 16.3. The van der Waals surface area contributed by atoms with Crippen LogP contribution < -0.4 is 56.8 Å². The Hall–Kier alpha value is -1.58. The van der Waals surface area contributed by atoms with E-state index in [1.165, 1.54) is 12.1 Å². The minimum Gasteiger partial charge on any atom is -1.00 e. The van der Waals surface area contributed by atoms with E-state index in [0.717, 1.165) is 47.9 Å². The Morgan fingerprint density at radius 1 is 1.05 bits per heavy atom. The summed E-state index contributed by atoms with van der Waals surface area (Å²) in [5.41, 5.74) is 2.78. The zero-order valence-electron chi connectivity index (χ0n) is 23.0. The van der Waals surface area contributed by atoms with E-state index in [-0.39, 0.29) is 64.5 Å². The van der Waals surface area contributed by atoms with Gasteiger partial charge in [0.15, 0.2) is 0 Å². The predicted octanol–water partition coefficient (Wildman–Crippen LogP) is 2.64. The molecule has 0 bridgehead atoms. The summed E-state index contributed by atoms with van der Waals surface area (Å²) in [5.74, 6) is -0.723. The molecule has 4 rings (SSSR count). The standard InChI is InChI=1S/C26H27F3N4O3S2.K.H/c1-15(2)32-10-12-33(13-11-32)25(36)21-9-8-20(38-21)24(35)31-30-16(3)19-14-37-23(22(19)34)17-4-6-18(7-5-17)26(27,28)29;;/h4-9,14-15,34H,10-13H2,1-3H3,(H,31,35);;/q;+1;-1. The molecular weight excluding hydrogens is 577 g/mol. The van der Waals surface area contributed by atoms with Crippen LogP contribution in [0.3, 0.4) is 0 Å². The molecule has 13 heteroatoms. The average Bonchev–Trinajstić information content (AvgIpc) is 3.53. The maximum atomic E-state index is 12.9. The Morgan fingerprint density at radius 2 is 1.67 bits per heavy atom. The zero-order chi connectivity index (χ0) is 27.6. The van der Waals surface area contributed by atoms with Crippen LogP contribution in [0.15, 0.2) is 46.9 Å². The first-order valence-electron chi connectivity index (χ1n) is 11.9. The number of amides is 2. The average molecular weight is 605 g/mol. The number of alkyl halides is 3. The van der Waals surface area contributed by atoms with E-state index in [9.17, 15) is 27.9 Å². The Labute approximate surface area is 276 Å². The summed E-state index contributed by atoms with van der Waals surface area (Å²) >= 11 is 2.25. The first-order valence-corrected chi connectivity index (χ1v) is 13.6. The molecule has 204 valence electrons. The molecule has 1 aliphatic heterocycles. The third-order valence-corrected chi connectivity index (χ3v) is 8.42. The largest absolute Gasteiger partial charge is 1.00 e. The normalized spacial score (nSPS) is 14.8. The van der Waals surface area contributed by atoms with Crippen LogP contribution in [-0.4, -0.2) is 64.7 Å². The van der Waals surface area contributed by atoms with Gasteiger partial charge in [0, 0.05) is 37.6 Å². The van der Waals surface area contributed by atoms with Crippen molar-refractivity contribution in [2.75, 3.05) is 26.2 Å². The molecule has 0 spiro atoms. The number of hydrogen-bond donors (Lipinski definition) is 2. The van der Waals surface area contributed by atoms with E-state index >= 15 is 0 Å². The molecule has 0 radical (unpaired) electrons. The molecular formula is C26H28F3KN4O3S2. The SMILES string of the molecule is CC(=NNC(=O)c1ccc(C(=O)N2CCN(C(C)C)CC2)s1)c1csc(-c2ccc(C(F)(F)F)cc2)c1O.[H-].[K+]. The van der Waals surface area contributed by atoms with Gasteiger partial charge in [-0.3, -0.25) is 14.5 Å². The third-order valence-electron chi connectivity index (χ3n) is 6.33. The zero-order valence-corrected chi connectivity index (χ0v) is 26.8. The quantitative estimate of drug-likeness (QED) is 0.258. The van der Waals surface area contributed by atoms with Gasteiger partial charge >= 0.3 is 57.6 Å². The van der Waals surface area contributed by atoms with E-state index in [1.807, 2.05) is 0 Å². The Morgan fingerprint density at radius 3 is 2.26 bits per heavy atom. The van der Waals surface area contributed by atoms with E-state index in [1.54, 1.807) is 29.3 Å². The second-order valence-corrected chi connectivity index (χ2v) is 11.1. The Balaban J connectivity index is 0.00000280. The number of halogens is 3. The number of carbonyl (C=O) groups excluding carboxylic acids is 2. The monoisotopic (exact) mass is 604 g/mol. The van der Waals surface area contributed by atoms with Gasteiger partial charge in [-0.05, 0) is 50.6 Å². The van der Waals surface area contributed by atoms with Crippen molar-refractivity contribution in [3.8, 4) is 16.2 Å². The van der Waals surface area contributed by atoms with Gasteiger partial charge in [-0.25, -0.2) is 5.43 Å². The van der Waals surface area contributed by atoms with Crippen LogP contribution in [0.1, 0.15) is 52.7 Å². The van der Waals surface area contributed by atoms with Crippen LogP contribution in [0.2, 0.25) is 0 Å². The molecule has 3 aromatic rings. The maximum Gasteiger partial charge on any atom is 1.00 e. The summed E-state index contributed by atoms with van der Waals surface area (Å²) in [4.78, 5) is 30.8. The minimum absolute atomic E-state index is 0. The summed E-state index contributed by atoms with van der Waals surface area (Å²) in [6.45, 7) is 8.75. The number of thiophene rings is 2. The Bertz CT molecular complexity index is 1350. The summed E-state index contributed by atoms with van der Waals surface area (Å²) in [6.07, 6.45) is -4.44. The number of nitrogens with one attached hydrogen (secondary N) is 1. The van der Waals surface area contributed by atoms with Crippen LogP contribution in [-0.2, 0) is 6.18 Å². The van der Waals surface area contributed by atoms with Crippen molar-refractivity contribution in [2.24, 2.45) is 5.10 Å². The molecule has 2 N–H and O–H groups in total. The fraction of sp³-hybridized carbons (Fsp3) is 0.346. The molecule has 0 saturated carbocycles. The van der Waals surface area contributed by atoms with Gasteiger partial charge in [-0.1, -0.05) is 12.1 Å². The maximum absolute atomic E-state index is 12.9. The minimum atomic E-state index is -4.44. The van der Waals surface area contributed by atoms with Crippen LogP contribution in [0.5, 0.6) is 5.75 Å². The van der Waals surface area contributed by atoms with Crippen molar-refractivity contribution >= 4 is 40.2 Å². The third kappa shape index (κ3) is 7.58. The van der Waals surface area contributed by atoms with Gasteiger partial charge in [0.05, 0.1) is 31.5 Å². The number of benzene rings is 1. The van der Waals surface area contributed by atoms with Gasteiger partial charge in [-0.15, -0.1) is 22.7 Å². The van der Waals surface area contributed by atoms with Crippen molar-refractivity contribution in [3.05, 3.63) is 62.7 Å². The van der Waals surface area contributed by atoms with E-state index < -0.39 is 17.6 Å². The molecule has 7 nitrogen and oxygen atoms in total. The number of rotatable bonds is 6. The van der Waals surface area contributed by atoms with E-state index in [4.69, 9.17) is 0 Å². The molecule has 2 amide bonds. The Kier molecular flexibility index (Phi) is 11.0. The summed E-state index contributed by atoms with van der Waals surface area (Å²) in [7, 11) is 0. The molecule has 39 heavy (non-hydrogen) atoms. The number of hydrogen-bond acceptors (Lipinski definition) is 7. The number of hydrazone groups is 1. The first kappa shape index (κ1) is 31.9. The van der Waals surface area contributed by atoms with Crippen molar-refractivity contribution in [2.45, 2.75) is 33.0 Å². The van der Waals surface area contributed by atoms with Gasteiger partial charge in [-0.2, -0.15) is 18.3 Å². The molecule has 0 unspecified atom stereocenters. The van der Waals surface area contributed by atoms with Crippen molar-refractivity contribution in [1.29, 1.82) is 0 Å². The number of nitrogens with zero attached hydrogens (tertiary/aromatic N) is 3. The van der Waals surface area contributed by atoms with Crippen molar-refractivity contribution in [1.82, 2.24) is 15.2 Å². The van der Waals surface area contributed by atoms with E-state index in [2.05, 4.69) is 29.3 Å². The smallest absolute Gasteiger partial charge is 1.00 e. The van der Waals surface area contributed by atoms with E-state index in [0.29, 0.717) is 50.6 Å². The number of carbonyl (C=O) groups is 2. The topological polar surface area (TPSA) is 85.2 Å². The fourth-order valence-electron chi connectivity index (χ4n) is 4.05. The molecule has 1 saturated heterocycles. The number of piperazine rings is 1. The molecule has 0 atom stereocenters. The summed E-state index contributed by atoms with van der Waals surface area (Å²) in [6, 6.07) is 8.16. The molecule has 2 aromatic heterocycles. The van der Waals surface area contributed by atoms with Crippen LogP contribution >= 0.6 is 22.7 Å². The van der Waals surface area contributed by atoms with Crippen LogP contribution in [0.4, 0.5) is 13.2 Å². The predicted molar refractivity (Wildman–Crippen MR) is 144 cm³/mol. The molecule has 3 heterocycles. The first-order chi connectivity index (χ1) is 18.0. The van der Waals surface area contributed by atoms with Gasteiger partial charge in [0.2, 0.25) is 0 Å². The second-order valence-electron chi connectivity index (χ2n) is 9.13. The van der Waals surface area contributed by atoms with Gasteiger partial charge < -0.3 is 11.4 Å². The number of aromatic hydroxyl groups is 1. The molecule has 0 aliphatic carbocycles. The van der Waals surface area contributed by atoms with Crippen LogP contribution in [0, 0.1) is 0 Å². The van der Waals surface area contributed by atoms with Crippen molar-refractivity contribution in [3.63, 3.8) is 0 Å². The second kappa shape index (κ2) is 13.4. The van der Waals surface area contributed by atoms with Gasteiger partial charge in [0.25, 0.3) is 11.8 Å². The fourth-order valence-corrected chi connectivity index (χ4v) is 5.92. The van der Waals surface area contributed by atoms with Crippen LogP contribution in [0.25, 0.3) is 10.4 Å².